The number of nitrogens with zero attached hydrogens (tertiary/aromatic N) is 2. The summed E-state index contributed by atoms with van der Waals surface area (Å²) in [5.41, 5.74) is 1.27. The van der Waals surface area contributed by atoms with E-state index < -0.39 is 29.9 Å². The van der Waals surface area contributed by atoms with Gasteiger partial charge in [-0.15, -0.1) is 0 Å². The van der Waals surface area contributed by atoms with Gasteiger partial charge in [0.25, 0.3) is 0 Å². The highest BCUT2D eigenvalue weighted by Crippen LogP contribution is 2.43. The van der Waals surface area contributed by atoms with E-state index >= 15 is 0 Å². The van der Waals surface area contributed by atoms with Gasteiger partial charge in [-0.2, -0.15) is 0 Å². The molecule has 1 heterocycles. The number of hydrogen-bond acceptors (Lipinski definition) is 6. The van der Waals surface area contributed by atoms with E-state index in [-0.39, 0.29) is 17.2 Å². The summed E-state index contributed by atoms with van der Waals surface area (Å²) in [4.78, 5) is 40.6. The Morgan fingerprint density at radius 3 is 2.62 bits per heavy atom. The molecule has 1 fully saturated rings. The number of carbonyl (C=O) groups excluding carboxylic acids is 2. The molecule has 1 aromatic heterocycles. The predicted octanol–water partition coefficient (Wildman–Crippen LogP) is 2.70. The van der Waals surface area contributed by atoms with Crippen LogP contribution in [0.1, 0.15) is 29.1 Å². The molecule has 0 radical (unpaired) electrons. The van der Waals surface area contributed by atoms with Crippen molar-refractivity contribution in [3.63, 3.8) is 0 Å². The number of oxazole rings is 1. The average molecular weight is 424 g/mol. The SMILES string of the molecule is Cc1nc2cc(C(=O)C3CC3C(=O)OC(CC(=O)O)C[N+](C)(C)C)cc(Cl)c2o1. The molecule has 8 nitrogen and oxygen atoms in total. The third-order valence-electron chi connectivity index (χ3n) is 4.70. The molecule has 29 heavy (non-hydrogen) atoms. The Balaban J connectivity index is 1.68. The number of aromatic nitrogens is 1. The van der Waals surface area contributed by atoms with Gasteiger partial charge in [0.15, 0.2) is 23.4 Å². The Kier molecular flexibility index (Phi) is 5.69. The first kappa shape index (κ1) is 21.3. The van der Waals surface area contributed by atoms with Crippen LogP contribution in [0.5, 0.6) is 0 Å². The van der Waals surface area contributed by atoms with Crippen molar-refractivity contribution in [2.24, 2.45) is 11.8 Å². The molecule has 2 aromatic rings. The maximum Gasteiger partial charge on any atom is 0.310 e. The number of quaternary nitrogens is 1. The monoisotopic (exact) mass is 423 g/mol. The number of aryl methyl sites for hydroxylation is 1. The first-order valence-electron chi connectivity index (χ1n) is 9.28. The van der Waals surface area contributed by atoms with Gasteiger partial charge in [0, 0.05) is 18.4 Å². The molecule has 3 atom stereocenters. The molecule has 0 amide bonds. The number of esters is 1. The highest BCUT2D eigenvalue weighted by Gasteiger charge is 2.50. The second-order valence-electron chi connectivity index (χ2n) is 8.48. The summed E-state index contributed by atoms with van der Waals surface area (Å²) in [7, 11) is 5.66. The molecule has 0 bridgehead atoms. The summed E-state index contributed by atoms with van der Waals surface area (Å²) in [6.45, 7) is 2.05. The van der Waals surface area contributed by atoms with E-state index in [1.807, 2.05) is 21.1 Å². The average Bonchev–Trinajstić information content (AvgIpc) is 3.27. The third-order valence-corrected chi connectivity index (χ3v) is 4.98. The second kappa shape index (κ2) is 7.76. The lowest BCUT2D eigenvalue weighted by atomic mass is 10.1. The molecule has 156 valence electrons. The van der Waals surface area contributed by atoms with Gasteiger partial charge in [0.1, 0.15) is 12.1 Å². The summed E-state index contributed by atoms with van der Waals surface area (Å²) in [5, 5.41) is 9.36. The van der Waals surface area contributed by atoms with E-state index in [1.165, 1.54) is 6.07 Å². The highest BCUT2D eigenvalue weighted by atomic mass is 35.5. The number of carbonyl (C=O) groups is 3. The number of Topliss-reactive ketones (excluding diaryl/α,β-unsaturated/α-hetero) is 1. The fourth-order valence-electron chi connectivity index (χ4n) is 3.41. The van der Waals surface area contributed by atoms with Crippen LogP contribution in [0.3, 0.4) is 0 Å². The number of aliphatic carboxylic acids is 1. The zero-order valence-electron chi connectivity index (χ0n) is 16.8. The summed E-state index contributed by atoms with van der Waals surface area (Å²) in [6, 6.07) is 3.12. The molecule has 3 rings (SSSR count). The highest BCUT2D eigenvalue weighted by molar-refractivity contribution is 6.35. The molecule has 0 aliphatic heterocycles. The Hall–Kier alpha value is -2.45. The van der Waals surface area contributed by atoms with Crippen LogP contribution in [0, 0.1) is 18.8 Å². The van der Waals surface area contributed by atoms with Gasteiger partial charge in [0.2, 0.25) is 0 Å². The van der Waals surface area contributed by atoms with E-state index in [0.29, 0.717) is 40.0 Å². The Labute approximate surface area is 173 Å². The molecule has 3 unspecified atom stereocenters. The van der Waals surface area contributed by atoms with Gasteiger partial charge in [-0.3, -0.25) is 14.4 Å². The van der Waals surface area contributed by atoms with Gasteiger partial charge in [-0.25, -0.2) is 4.98 Å². The fourth-order valence-corrected chi connectivity index (χ4v) is 3.66. The number of fused-ring (bicyclic) bond motifs is 1. The second-order valence-corrected chi connectivity index (χ2v) is 8.89. The topological polar surface area (TPSA) is 107 Å². The molecule has 9 heteroatoms. The van der Waals surface area contributed by atoms with E-state index in [4.69, 9.17) is 25.9 Å². The number of ketones is 1. The van der Waals surface area contributed by atoms with Crippen LogP contribution in [0.25, 0.3) is 11.1 Å². The van der Waals surface area contributed by atoms with Crippen molar-refractivity contribution >= 4 is 40.4 Å². The Morgan fingerprint density at radius 2 is 2.00 bits per heavy atom. The Morgan fingerprint density at radius 1 is 1.31 bits per heavy atom. The summed E-state index contributed by atoms with van der Waals surface area (Å²) in [6.07, 6.45) is -0.653. The van der Waals surface area contributed by atoms with Crippen LogP contribution >= 0.6 is 11.6 Å². The summed E-state index contributed by atoms with van der Waals surface area (Å²) >= 11 is 6.19. The number of likely N-dealkylation sites (N-methyl/N-ethyl adjacent to an activating group) is 1. The normalized spacial score (nSPS) is 19.8. The molecule has 0 spiro atoms. The van der Waals surface area contributed by atoms with E-state index in [1.54, 1.807) is 13.0 Å². The summed E-state index contributed by atoms with van der Waals surface area (Å²) in [5.74, 6) is -2.41. The van der Waals surface area contributed by atoms with Crippen LogP contribution in [0.4, 0.5) is 0 Å². The number of carboxylic acids is 1. The Bertz CT molecular complexity index is 977. The third kappa shape index (κ3) is 5.13. The van der Waals surface area contributed by atoms with Gasteiger partial charge in [0.05, 0.1) is 38.5 Å². The largest absolute Gasteiger partial charge is 0.481 e. The predicted molar refractivity (Wildman–Crippen MR) is 105 cm³/mol. The number of hydrogen-bond donors (Lipinski definition) is 1. The van der Waals surface area contributed by atoms with Gasteiger partial charge in [-0.1, -0.05) is 11.6 Å². The molecule has 1 saturated carbocycles. The lowest BCUT2D eigenvalue weighted by Gasteiger charge is -2.28. The van der Waals surface area contributed by atoms with Gasteiger partial charge in [-0.05, 0) is 18.6 Å². The lowest BCUT2D eigenvalue weighted by molar-refractivity contribution is -0.873. The molecule has 0 saturated heterocycles. The minimum Gasteiger partial charge on any atom is -0.481 e. The number of ether oxygens (including phenoxy) is 1. The van der Waals surface area contributed by atoms with Crippen molar-refractivity contribution in [3.05, 3.63) is 28.6 Å². The van der Waals surface area contributed by atoms with E-state index in [0.717, 1.165) is 0 Å². The van der Waals surface area contributed by atoms with Crippen molar-refractivity contribution in [2.75, 3.05) is 27.7 Å². The maximum atomic E-state index is 12.8. The molecule has 1 N–H and O–H groups in total. The van der Waals surface area contributed by atoms with Crippen molar-refractivity contribution in [1.82, 2.24) is 4.98 Å². The number of benzene rings is 1. The quantitative estimate of drug-likeness (QED) is 0.395. The van der Waals surface area contributed by atoms with Crippen LogP contribution in [0.15, 0.2) is 16.5 Å². The molecule has 1 aliphatic rings. The summed E-state index contributed by atoms with van der Waals surface area (Å²) < 4.78 is 11.3. The van der Waals surface area contributed by atoms with Crippen LogP contribution < -0.4 is 0 Å². The van der Waals surface area contributed by atoms with E-state index in [9.17, 15) is 14.4 Å². The first-order valence-corrected chi connectivity index (χ1v) is 9.66. The smallest absolute Gasteiger partial charge is 0.310 e. The first-order chi connectivity index (χ1) is 13.4. The zero-order valence-corrected chi connectivity index (χ0v) is 17.5. The molecular weight excluding hydrogens is 400 g/mol. The van der Waals surface area contributed by atoms with Gasteiger partial charge < -0.3 is 18.7 Å². The minimum absolute atomic E-state index is 0.210. The number of halogens is 1. The lowest BCUT2D eigenvalue weighted by Crippen LogP contribution is -2.44. The van der Waals surface area contributed by atoms with Gasteiger partial charge >= 0.3 is 11.9 Å². The molecule has 1 aliphatic carbocycles. The maximum absolute atomic E-state index is 12.8. The number of rotatable bonds is 8. The number of carboxylic acid groups (broad SMARTS) is 1. The van der Waals surface area contributed by atoms with Crippen LogP contribution in [0.2, 0.25) is 5.02 Å². The van der Waals surface area contributed by atoms with Crippen LogP contribution in [-0.4, -0.2) is 66.1 Å². The van der Waals surface area contributed by atoms with E-state index in [2.05, 4.69) is 4.98 Å². The van der Waals surface area contributed by atoms with Crippen molar-refractivity contribution in [3.8, 4) is 0 Å². The van der Waals surface area contributed by atoms with Crippen LogP contribution in [-0.2, 0) is 14.3 Å². The van der Waals surface area contributed by atoms with Crippen molar-refractivity contribution < 1.29 is 33.1 Å². The zero-order chi connectivity index (χ0) is 21.5. The van der Waals surface area contributed by atoms with Crippen molar-refractivity contribution in [2.45, 2.75) is 25.9 Å². The fraction of sp³-hybridized carbons (Fsp3) is 0.500. The molecule has 1 aromatic carbocycles. The molecular formula is C20H24ClN2O6+. The standard InChI is InChI=1S/C20H23ClN2O6/c1-10-22-16-6-11(5-15(21)19(16)28-10)18(26)13-8-14(13)20(27)29-12(7-17(24)25)9-23(2,3)4/h5-6,12-14H,7-9H2,1-4H3/p+1. The minimum atomic E-state index is -1.04. The van der Waals surface area contributed by atoms with Crippen molar-refractivity contribution in [1.29, 1.82) is 0 Å².